The van der Waals surface area contributed by atoms with E-state index in [1.807, 2.05) is 61.5 Å². The number of esters is 1. The van der Waals surface area contributed by atoms with Gasteiger partial charge < -0.3 is 34.9 Å². The Labute approximate surface area is 284 Å². The summed E-state index contributed by atoms with van der Waals surface area (Å²) < 4.78 is 15.8. The fraction of sp³-hybridized carbons (Fsp3) is 0.457. The summed E-state index contributed by atoms with van der Waals surface area (Å²) in [5, 5.41) is 16.1. The molecule has 3 atom stereocenters. The van der Waals surface area contributed by atoms with E-state index in [1.165, 1.54) is 4.90 Å². The van der Waals surface area contributed by atoms with E-state index in [0.717, 1.165) is 27.3 Å². The van der Waals surface area contributed by atoms with Crippen molar-refractivity contribution in [1.82, 2.24) is 20.5 Å². The Morgan fingerprint density at radius 2 is 1.69 bits per heavy atom. The fourth-order valence-corrected chi connectivity index (χ4v) is 6.01. The van der Waals surface area contributed by atoms with Crippen LogP contribution in [0.5, 0.6) is 0 Å². The number of thiazole rings is 1. The standard InChI is InChI=1S/C35H44N4O8S/c1-23-31(48-22-37-23)26-12-10-24(11-13-26)17-36-33(43)28-16-27(40)18-39(28)34(44)32(35(2,3)4)38-29(41)20-45-14-15-46-21-30(42)47-19-25-8-6-5-7-9-25/h5-13,22,27-28,32,40H,14-21H2,1-4H3,(H,36,43)(H,38,41)/t27-,28+,32-/m1/s1. The molecule has 0 bridgehead atoms. The maximum Gasteiger partial charge on any atom is 0.332 e. The lowest BCUT2D eigenvalue weighted by Gasteiger charge is -2.35. The van der Waals surface area contributed by atoms with Crippen LogP contribution in [-0.4, -0.2) is 89.8 Å². The molecule has 3 amide bonds. The van der Waals surface area contributed by atoms with Gasteiger partial charge in [-0.15, -0.1) is 11.3 Å². The summed E-state index contributed by atoms with van der Waals surface area (Å²) in [5.74, 6) is -1.88. The Morgan fingerprint density at radius 1 is 1.00 bits per heavy atom. The molecular weight excluding hydrogens is 636 g/mol. The number of likely N-dealkylation sites (tertiary alicyclic amines) is 1. The molecule has 4 rings (SSSR count). The molecule has 48 heavy (non-hydrogen) atoms. The molecule has 2 heterocycles. The zero-order valence-electron chi connectivity index (χ0n) is 27.8. The number of aromatic nitrogens is 1. The molecule has 0 aliphatic carbocycles. The van der Waals surface area contributed by atoms with Gasteiger partial charge in [-0.1, -0.05) is 75.4 Å². The van der Waals surface area contributed by atoms with Crippen molar-refractivity contribution in [3.05, 3.63) is 76.9 Å². The minimum absolute atomic E-state index is 0.0239. The number of β-amino-alcohol motifs (C(OH)–C–C–N with tert-alkyl or cyclic N) is 1. The third-order valence-electron chi connectivity index (χ3n) is 7.78. The van der Waals surface area contributed by atoms with E-state index in [2.05, 4.69) is 15.6 Å². The van der Waals surface area contributed by atoms with Crippen molar-refractivity contribution < 1.29 is 38.5 Å². The number of ether oxygens (including phenoxy) is 3. The largest absolute Gasteiger partial charge is 0.459 e. The first-order valence-electron chi connectivity index (χ1n) is 15.8. The summed E-state index contributed by atoms with van der Waals surface area (Å²) in [4.78, 5) is 58.4. The van der Waals surface area contributed by atoms with Gasteiger partial charge in [0.2, 0.25) is 17.7 Å². The molecule has 2 aromatic carbocycles. The van der Waals surface area contributed by atoms with Gasteiger partial charge in [-0.2, -0.15) is 0 Å². The molecule has 258 valence electrons. The number of benzene rings is 2. The van der Waals surface area contributed by atoms with Gasteiger partial charge in [0.05, 0.1) is 35.4 Å². The number of aliphatic hydroxyl groups excluding tert-OH is 1. The highest BCUT2D eigenvalue weighted by atomic mass is 32.1. The fourth-order valence-electron chi connectivity index (χ4n) is 5.20. The Hall–Kier alpha value is -4.17. The van der Waals surface area contributed by atoms with E-state index in [9.17, 15) is 24.3 Å². The van der Waals surface area contributed by atoms with E-state index in [-0.39, 0.29) is 58.5 Å². The molecule has 1 saturated heterocycles. The van der Waals surface area contributed by atoms with E-state index < -0.39 is 41.4 Å². The molecule has 3 aromatic rings. The monoisotopic (exact) mass is 680 g/mol. The Kier molecular flexibility index (Phi) is 13.2. The number of rotatable bonds is 15. The number of aliphatic hydroxyl groups is 1. The van der Waals surface area contributed by atoms with Crippen LogP contribution >= 0.6 is 11.3 Å². The average molecular weight is 681 g/mol. The van der Waals surface area contributed by atoms with Crippen LogP contribution in [0.3, 0.4) is 0 Å². The minimum atomic E-state index is -0.979. The molecule has 3 N–H and O–H groups in total. The third-order valence-corrected chi connectivity index (χ3v) is 8.76. The third kappa shape index (κ3) is 10.7. The summed E-state index contributed by atoms with van der Waals surface area (Å²) in [6.45, 7) is 7.28. The SMILES string of the molecule is Cc1ncsc1-c1ccc(CNC(=O)[C@@H]2C[C@@H](O)CN2C(=O)[C@@H](NC(=O)COCCOCC(=O)OCc2ccccc2)C(C)(C)C)cc1. The van der Waals surface area contributed by atoms with Crippen molar-refractivity contribution in [3.63, 3.8) is 0 Å². The first-order valence-corrected chi connectivity index (χ1v) is 16.7. The highest BCUT2D eigenvalue weighted by Gasteiger charge is 2.44. The van der Waals surface area contributed by atoms with Crippen molar-refractivity contribution >= 4 is 35.0 Å². The summed E-state index contributed by atoms with van der Waals surface area (Å²) in [6.07, 6.45) is -0.781. The molecule has 0 spiro atoms. The Balaban J connectivity index is 1.22. The van der Waals surface area contributed by atoms with Crippen molar-refractivity contribution in [3.8, 4) is 10.4 Å². The van der Waals surface area contributed by atoms with Crippen molar-refractivity contribution in [2.24, 2.45) is 5.41 Å². The number of hydrogen-bond acceptors (Lipinski definition) is 10. The van der Waals surface area contributed by atoms with E-state index in [4.69, 9.17) is 14.2 Å². The second kappa shape index (κ2) is 17.3. The van der Waals surface area contributed by atoms with Gasteiger partial charge in [-0.05, 0) is 29.0 Å². The van der Waals surface area contributed by atoms with E-state index >= 15 is 0 Å². The predicted octanol–water partition coefficient (Wildman–Crippen LogP) is 3.00. The lowest BCUT2D eigenvalue weighted by atomic mass is 9.85. The Morgan fingerprint density at radius 3 is 2.33 bits per heavy atom. The molecule has 1 aromatic heterocycles. The number of nitrogens with zero attached hydrogens (tertiary/aromatic N) is 2. The van der Waals surface area contributed by atoms with E-state index in [0.29, 0.717) is 0 Å². The Bertz CT molecular complexity index is 1520. The van der Waals surface area contributed by atoms with Gasteiger partial charge >= 0.3 is 5.97 Å². The molecular formula is C35H44N4O8S. The number of amides is 3. The van der Waals surface area contributed by atoms with Crippen LogP contribution in [0.4, 0.5) is 0 Å². The van der Waals surface area contributed by atoms with Crippen LogP contribution < -0.4 is 10.6 Å². The molecule has 13 heteroatoms. The zero-order valence-corrected chi connectivity index (χ0v) is 28.6. The summed E-state index contributed by atoms with van der Waals surface area (Å²) in [5.41, 5.74) is 4.86. The van der Waals surface area contributed by atoms with Crippen LogP contribution in [0.15, 0.2) is 60.1 Å². The van der Waals surface area contributed by atoms with Gasteiger partial charge in [0.25, 0.3) is 0 Å². The number of carbonyl (C=O) groups is 4. The van der Waals surface area contributed by atoms with Gasteiger partial charge in [-0.3, -0.25) is 14.4 Å². The first-order chi connectivity index (χ1) is 22.9. The molecule has 1 aliphatic rings. The van der Waals surface area contributed by atoms with Crippen molar-refractivity contribution in [2.45, 2.75) is 65.5 Å². The zero-order chi connectivity index (χ0) is 34.7. The second-order valence-corrected chi connectivity index (χ2v) is 13.6. The van der Waals surface area contributed by atoms with Crippen molar-refractivity contribution in [2.75, 3.05) is 33.0 Å². The normalized spacial score (nSPS) is 16.7. The number of carbonyl (C=O) groups excluding carboxylic acids is 4. The molecule has 1 fully saturated rings. The van der Waals surface area contributed by atoms with Crippen LogP contribution in [0.25, 0.3) is 10.4 Å². The van der Waals surface area contributed by atoms with Crippen LogP contribution in [-0.2, 0) is 46.5 Å². The number of aryl methyl sites for hydroxylation is 1. The number of hydrogen-bond donors (Lipinski definition) is 3. The summed E-state index contributed by atoms with van der Waals surface area (Å²) in [7, 11) is 0. The van der Waals surface area contributed by atoms with Gasteiger partial charge in [0, 0.05) is 19.5 Å². The van der Waals surface area contributed by atoms with E-state index in [1.54, 1.807) is 37.6 Å². The smallest absolute Gasteiger partial charge is 0.332 e. The molecule has 0 unspecified atom stereocenters. The highest BCUT2D eigenvalue weighted by molar-refractivity contribution is 7.13. The van der Waals surface area contributed by atoms with Crippen LogP contribution in [0.2, 0.25) is 0 Å². The summed E-state index contributed by atoms with van der Waals surface area (Å²) in [6, 6.07) is 15.2. The topological polar surface area (TPSA) is 156 Å². The average Bonchev–Trinajstić information content (AvgIpc) is 3.68. The maximum atomic E-state index is 13.8. The van der Waals surface area contributed by atoms with Gasteiger partial charge in [0.15, 0.2) is 0 Å². The first kappa shape index (κ1) is 36.7. The van der Waals surface area contributed by atoms with Crippen LogP contribution in [0, 0.1) is 12.3 Å². The molecule has 0 saturated carbocycles. The van der Waals surface area contributed by atoms with Gasteiger partial charge in [0.1, 0.15) is 31.9 Å². The minimum Gasteiger partial charge on any atom is -0.459 e. The molecule has 1 aliphatic heterocycles. The second-order valence-electron chi connectivity index (χ2n) is 12.7. The van der Waals surface area contributed by atoms with Gasteiger partial charge in [-0.25, -0.2) is 9.78 Å². The highest BCUT2D eigenvalue weighted by Crippen LogP contribution is 2.28. The molecule has 12 nitrogen and oxygen atoms in total. The van der Waals surface area contributed by atoms with Crippen molar-refractivity contribution in [1.29, 1.82) is 0 Å². The lowest BCUT2D eigenvalue weighted by Crippen LogP contribution is -2.58. The summed E-state index contributed by atoms with van der Waals surface area (Å²) >= 11 is 1.57. The number of nitrogens with one attached hydrogen (secondary N) is 2. The lowest BCUT2D eigenvalue weighted by molar-refractivity contribution is -0.151. The predicted molar refractivity (Wildman–Crippen MR) is 180 cm³/mol. The maximum absolute atomic E-state index is 13.8. The quantitative estimate of drug-likeness (QED) is 0.162. The van der Waals surface area contributed by atoms with Crippen LogP contribution in [0.1, 0.15) is 44.0 Å². The molecule has 0 radical (unpaired) electrons.